The standard InChI is InChI=1S/C17H12ClFN4OS/c1-25-17-20-7-11-14(22-17)13(19)15(18)23-8-12(21-16(11)23)24-9-10-5-3-2-4-6-10/h2-8H,9H2,1H3. The van der Waals surface area contributed by atoms with Crippen molar-refractivity contribution in [3.63, 3.8) is 0 Å². The highest BCUT2D eigenvalue weighted by Crippen LogP contribution is 2.30. The second-order valence-electron chi connectivity index (χ2n) is 5.27. The van der Waals surface area contributed by atoms with Gasteiger partial charge in [0.05, 0.1) is 11.6 Å². The van der Waals surface area contributed by atoms with E-state index in [2.05, 4.69) is 15.0 Å². The summed E-state index contributed by atoms with van der Waals surface area (Å²) >= 11 is 7.49. The average molecular weight is 375 g/mol. The lowest BCUT2D eigenvalue weighted by molar-refractivity contribution is 0.295. The van der Waals surface area contributed by atoms with Crippen LogP contribution < -0.4 is 4.74 Å². The smallest absolute Gasteiger partial charge is 0.232 e. The summed E-state index contributed by atoms with van der Waals surface area (Å²) in [5.41, 5.74) is 1.61. The van der Waals surface area contributed by atoms with Crippen LogP contribution in [-0.2, 0) is 6.61 Å². The molecule has 0 spiro atoms. The van der Waals surface area contributed by atoms with Crippen LogP contribution in [0, 0.1) is 5.82 Å². The number of fused-ring (bicyclic) bond motifs is 3. The molecule has 3 aromatic heterocycles. The summed E-state index contributed by atoms with van der Waals surface area (Å²) < 4.78 is 21.7. The molecule has 0 radical (unpaired) electrons. The van der Waals surface area contributed by atoms with E-state index < -0.39 is 5.82 Å². The minimum absolute atomic E-state index is 0.0877. The van der Waals surface area contributed by atoms with Gasteiger partial charge in [0, 0.05) is 6.20 Å². The lowest BCUT2D eigenvalue weighted by Gasteiger charge is -2.05. The Labute approximate surface area is 151 Å². The van der Waals surface area contributed by atoms with E-state index in [-0.39, 0.29) is 10.7 Å². The van der Waals surface area contributed by atoms with E-state index in [1.807, 2.05) is 36.6 Å². The molecular formula is C17H12ClFN4OS. The van der Waals surface area contributed by atoms with E-state index in [0.29, 0.717) is 28.7 Å². The van der Waals surface area contributed by atoms with Crippen molar-refractivity contribution in [3.8, 4) is 5.88 Å². The van der Waals surface area contributed by atoms with Gasteiger partial charge in [-0.25, -0.2) is 14.4 Å². The highest BCUT2D eigenvalue weighted by Gasteiger charge is 2.18. The van der Waals surface area contributed by atoms with E-state index in [1.54, 1.807) is 12.4 Å². The van der Waals surface area contributed by atoms with Crippen molar-refractivity contribution < 1.29 is 9.13 Å². The Kier molecular flexibility index (Phi) is 4.19. The third kappa shape index (κ3) is 2.89. The van der Waals surface area contributed by atoms with Crippen LogP contribution in [0.3, 0.4) is 0 Å². The third-order valence-corrected chi connectivity index (χ3v) is 4.61. The van der Waals surface area contributed by atoms with Crippen molar-refractivity contribution in [3.05, 3.63) is 59.3 Å². The summed E-state index contributed by atoms with van der Waals surface area (Å²) in [4.78, 5) is 12.8. The first-order valence-corrected chi connectivity index (χ1v) is 9.01. The van der Waals surface area contributed by atoms with E-state index >= 15 is 0 Å². The van der Waals surface area contributed by atoms with Gasteiger partial charge in [-0.3, -0.25) is 4.40 Å². The van der Waals surface area contributed by atoms with E-state index in [1.165, 1.54) is 16.2 Å². The highest BCUT2D eigenvalue weighted by molar-refractivity contribution is 7.98. The van der Waals surface area contributed by atoms with Crippen LogP contribution in [0.2, 0.25) is 5.15 Å². The molecule has 0 N–H and O–H groups in total. The fourth-order valence-corrected chi connectivity index (χ4v) is 3.06. The maximum atomic E-state index is 14.6. The second kappa shape index (κ2) is 6.50. The fraction of sp³-hybridized carbons (Fsp3) is 0.118. The molecule has 0 saturated carbocycles. The zero-order valence-corrected chi connectivity index (χ0v) is 14.7. The molecule has 0 aliphatic rings. The van der Waals surface area contributed by atoms with Gasteiger partial charge >= 0.3 is 0 Å². The predicted octanol–water partition coefficient (Wildman–Crippen LogP) is 4.37. The maximum absolute atomic E-state index is 14.6. The molecule has 0 atom stereocenters. The number of benzene rings is 1. The van der Waals surface area contributed by atoms with Gasteiger partial charge in [-0.1, -0.05) is 53.7 Å². The monoisotopic (exact) mass is 374 g/mol. The summed E-state index contributed by atoms with van der Waals surface area (Å²) in [6, 6.07) is 9.71. The third-order valence-electron chi connectivity index (χ3n) is 3.70. The molecule has 0 unspecified atom stereocenters. The van der Waals surface area contributed by atoms with Gasteiger partial charge in [0.15, 0.2) is 21.8 Å². The number of aromatic nitrogens is 4. The first kappa shape index (κ1) is 16.1. The van der Waals surface area contributed by atoms with Crippen LogP contribution in [0.1, 0.15) is 5.56 Å². The van der Waals surface area contributed by atoms with Crippen LogP contribution in [0.5, 0.6) is 5.88 Å². The van der Waals surface area contributed by atoms with E-state index in [0.717, 1.165) is 5.56 Å². The molecule has 4 aromatic rings. The van der Waals surface area contributed by atoms with Crippen LogP contribution in [0.15, 0.2) is 47.9 Å². The van der Waals surface area contributed by atoms with Crippen LogP contribution >= 0.6 is 23.4 Å². The molecule has 25 heavy (non-hydrogen) atoms. The molecule has 0 bridgehead atoms. The maximum Gasteiger partial charge on any atom is 0.232 e. The number of pyridine rings is 1. The molecule has 0 amide bonds. The zero-order valence-electron chi connectivity index (χ0n) is 13.1. The van der Waals surface area contributed by atoms with Gasteiger partial charge in [-0.05, 0) is 11.8 Å². The van der Waals surface area contributed by atoms with Gasteiger partial charge in [0.1, 0.15) is 12.1 Å². The highest BCUT2D eigenvalue weighted by atomic mass is 35.5. The Morgan fingerprint density at radius 1 is 1.24 bits per heavy atom. The molecule has 4 rings (SSSR count). The van der Waals surface area contributed by atoms with Gasteiger partial charge in [0.25, 0.3) is 0 Å². The van der Waals surface area contributed by atoms with Crippen molar-refractivity contribution in [2.24, 2.45) is 0 Å². The quantitative estimate of drug-likeness (QED) is 0.301. The molecule has 0 saturated heterocycles. The summed E-state index contributed by atoms with van der Waals surface area (Å²) in [5, 5.41) is 0.864. The average Bonchev–Trinajstić information content (AvgIpc) is 3.09. The molecule has 0 aliphatic carbocycles. The summed E-state index contributed by atoms with van der Waals surface area (Å²) in [6.45, 7) is 0.357. The van der Waals surface area contributed by atoms with Crippen molar-refractivity contribution in [2.45, 2.75) is 11.8 Å². The van der Waals surface area contributed by atoms with Crippen LogP contribution in [0.25, 0.3) is 16.6 Å². The van der Waals surface area contributed by atoms with Crippen molar-refractivity contribution in [1.29, 1.82) is 0 Å². The van der Waals surface area contributed by atoms with Crippen molar-refractivity contribution in [1.82, 2.24) is 19.4 Å². The second-order valence-corrected chi connectivity index (χ2v) is 6.40. The minimum Gasteiger partial charge on any atom is -0.472 e. The van der Waals surface area contributed by atoms with Gasteiger partial charge < -0.3 is 4.74 Å². The molecule has 8 heteroatoms. The fourth-order valence-electron chi connectivity index (χ4n) is 2.50. The molecule has 3 heterocycles. The normalized spacial score (nSPS) is 11.3. The number of rotatable bonds is 4. The molecule has 1 aromatic carbocycles. The topological polar surface area (TPSA) is 52.3 Å². The Hall–Kier alpha value is -2.38. The number of imidazole rings is 1. The largest absolute Gasteiger partial charge is 0.472 e. The van der Waals surface area contributed by atoms with Gasteiger partial charge in [0.2, 0.25) is 5.88 Å². The van der Waals surface area contributed by atoms with Crippen LogP contribution in [-0.4, -0.2) is 25.6 Å². The van der Waals surface area contributed by atoms with Gasteiger partial charge in [-0.2, -0.15) is 4.98 Å². The summed E-state index contributed by atoms with van der Waals surface area (Å²) in [7, 11) is 0. The minimum atomic E-state index is -0.603. The van der Waals surface area contributed by atoms with Crippen molar-refractivity contribution >= 4 is 39.9 Å². The molecule has 0 aliphatic heterocycles. The molecular weight excluding hydrogens is 363 g/mol. The number of ether oxygens (including phenoxy) is 1. The number of nitrogens with zero attached hydrogens (tertiary/aromatic N) is 4. The molecule has 0 fully saturated rings. The first-order valence-electron chi connectivity index (χ1n) is 7.41. The Morgan fingerprint density at radius 2 is 2.04 bits per heavy atom. The number of hydrogen-bond donors (Lipinski definition) is 0. The SMILES string of the molecule is CSc1ncc2c(n1)c(F)c(Cl)n1cc(OCc3ccccc3)nc21. The number of halogens is 2. The van der Waals surface area contributed by atoms with Gasteiger partial charge in [-0.15, -0.1) is 0 Å². The van der Waals surface area contributed by atoms with E-state index in [9.17, 15) is 4.39 Å². The molecule has 126 valence electrons. The van der Waals surface area contributed by atoms with E-state index in [4.69, 9.17) is 16.3 Å². The number of hydrogen-bond acceptors (Lipinski definition) is 5. The van der Waals surface area contributed by atoms with Crippen LogP contribution in [0.4, 0.5) is 4.39 Å². The Balaban J connectivity index is 1.79. The predicted molar refractivity (Wildman–Crippen MR) is 95.8 cm³/mol. The Morgan fingerprint density at radius 3 is 2.80 bits per heavy atom. The first-order chi connectivity index (χ1) is 12.2. The summed E-state index contributed by atoms with van der Waals surface area (Å²) in [6.07, 6.45) is 4.94. The Bertz CT molecular complexity index is 1070. The zero-order chi connectivity index (χ0) is 17.4. The van der Waals surface area contributed by atoms with Crippen molar-refractivity contribution in [2.75, 3.05) is 6.26 Å². The number of thioether (sulfide) groups is 1. The lowest BCUT2D eigenvalue weighted by atomic mass is 10.2. The summed E-state index contributed by atoms with van der Waals surface area (Å²) in [5.74, 6) is -0.250. The lowest BCUT2D eigenvalue weighted by Crippen LogP contribution is -1.97. The molecule has 5 nitrogen and oxygen atoms in total.